The lowest BCUT2D eigenvalue weighted by molar-refractivity contribution is -0.132. The Bertz CT molecular complexity index is 248. The van der Waals surface area contributed by atoms with E-state index in [2.05, 4.69) is 13.8 Å². The molecule has 0 spiro atoms. The van der Waals surface area contributed by atoms with E-state index in [1.807, 2.05) is 4.90 Å². The molecule has 0 saturated carbocycles. The number of carbonyl (C=O) groups is 2. The molecule has 1 saturated heterocycles. The standard InChI is InChI=1S/C12H21NO2/c1-9(2)11-6-7-13(8-11)12(15)5-4-10(3)14/h9,11H,4-8H2,1-3H3. The van der Waals surface area contributed by atoms with E-state index in [9.17, 15) is 9.59 Å². The van der Waals surface area contributed by atoms with Gasteiger partial charge in [0.15, 0.2) is 0 Å². The first-order valence-corrected chi connectivity index (χ1v) is 5.78. The fourth-order valence-electron chi connectivity index (χ4n) is 2.00. The van der Waals surface area contributed by atoms with E-state index >= 15 is 0 Å². The van der Waals surface area contributed by atoms with Gasteiger partial charge in [0.1, 0.15) is 5.78 Å². The zero-order valence-corrected chi connectivity index (χ0v) is 9.95. The third-order valence-corrected chi connectivity index (χ3v) is 3.21. The molecular formula is C12H21NO2. The Kier molecular flexibility index (Phi) is 4.30. The molecule has 0 N–H and O–H groups in total. The summed E-state index contributed by atoms with van der Waals surface area (Å²) < 4.78 is 0. The molecule has 3 heteroatoms. The molecule has 1 rings (SSSR count). The van der Waals surface area contributed by atoms with E-state index in [4.69, 9.17) is 0 Å². The first kappa shape index (κ1) is 12.2. The Morgan fingerprint density at radius 2 is 2.00 bits per heavy atom. The van der Waals surface area contributed by atoms with Crippen LogP contribution < -0.4 is 0 Å². The van der Waals surface area contributed by atoms with Crippen LogP contribution in [0.25, 0.3) is 0 Å². The van der Waals surface area contributed by atoms with E-state index in [1.165, 1.54) is 6.92 Å². The smallest absolute Gasteiger partial charge is 0.223 e. The number of amides is 1. The molecule has 0 aliphatic carbocycles. The molecule has 0 radical (unpaired) electrons. The molecule has 3 nitrogen and oxygen atoms in total. The molecule has 86 valence electrons. The zero-order valence-electron chi connectivity index (χ0n) is 9.95. The Morgan fingerprint density at radius 3 is 2.47 bits per heavy atom. The van der Waals surface area contributed by atoms with E-state index < -0.39 is 0 Å². The normalized spacial score (nSPS) is 21.1. The lowest BCUT2D eigenvalue weighted by Crippen LogP contribution is -2.29. The molecule has 1 fully saturated rings. The molecule has 15 heavy (non-hydrogen) atoms. The van der Waals surface area contributed by atoms with Crippen molar-refractivity contribution in [2.45, 2.75) is 40.0 Å². The summed E-state index contributed by atoms with van der Waals surface area (Å²) in [6.07, 6.45) is 1.89. The molecule has 1 heterocycles. The summed E-state index contributed by atoms with van der Waals surface area (Å²) in [5, 5.41) is 0. The molecule has 1 amide bonds. The van der Waals surface area contributed by atoms with Crippen LogP contribution in [0, 0.1) is 11.8 Å². The van der Waals surface area contributed by atoms with Gasteiger partial charge in [-0.25, -0.2) is 0 Å². The van der Waals surface area contributed by atoms with Crippen molar-refractivity contribution >= 4 is 11.7 Å². The maximum absolute atomic E-state index is 11.7. The van der Waals surface area contributed by atoms with Crippen LogP contribution in [0.4, 0.5) is 0 Å². The average Bonchev–Trinajstić information content (AvgIpc) is 2.62. The van der Waals surface area contributed by atoms with Crippen molar-refractivity contribution in [3.8, 4) is 0 Å². The van der Waals surface area contributed by atoms with Gasteiger partial charge < -0.3 is 9.69 Å². The average molecular weight is 211 g/mol. The van der Waals surface area contributed by atoms with Crippen LogP contribution in [0.15, 0.2) is 0 Å². The number of likely N-dealkylation sites (tertiary alicyclic amines) is 1. The van der Waals surface area contributed by atoms with Crippen molar-refractivity contribution in [2.75, 3.05) is 13.1 Å². The second kappa shape index (κ2) is 5.29. The first-order chi connectivity index (χ1) is 7.00. The van der Waals surface area contributed by atoms with Crippen LogP contribution in [0.5, 0.6) is 0 Å². The van der Waals surface area contributed by atoms with Gasteiger partial charge in [0, 0.05) is 25.9 Å². The lowest BCUT2D eigenvalue weighted by atomic mass is 9.95. The van der Waals surface area contributed by atoms with Crippen LogP contribution in [-0.2, 0) is 9.59 Å². The van der Waals surface area contributed by atoms with E-state index in [0.717, 1.165) is 19.5 Å². The van der Waals surface area contributed by atoms with Gasteiger partial charge in [0.05, 0.1) is 0 Å². The Morgan fingerprint density at radius 1 is 1.33 bits per heavy atom. The van der Waals surface area contributed by atoms with Crippen molar-refractivity contribution in [1.82, 2.24) is 4.90 Å². The van der Waals surface area contributed by atoms with E-state index in [-0.39, 0.29) is 11.7 Å². The number of ketones is 1. The summed E-state index contributed by atoms with van der Waals surface area (Å²) >= 11 is 0. The predicted molar refractivity (Wildman–Crippen MR) is 59.4 cm³/mol. The van der Waals surface area contributed by atoms with Crippen LogP contribution in [-0.4, -0.2) is 29.7 Å². The summed E-state index contributed by atoms with van der Waals surface area (Å²) in [6.45, 7) is 7.70. The molecule has 1 aliphatic heterocycles. The van der Waals surface area contributed by atoms with Gasteiger partial charge in [-0.05, 0) is 25.2 Å². The van der Waals surface area contributed by atoms with Crippen molar-refractivity contribution in [2.24, 2.45) is 11.8 Å². The number of carbonyl (C=O) groups excluding carboxylic acids is 2. The molecular weight excluding hydrogens is 190 g/mol. The number of rotatable bonds is 4. The molecule has 1 atom stereocenters. The summed E-state index contributed by atoms with van der Waals surface area (Å²) in [6, 6.07) is 0. The molecule has 0 aromatic heterocycles. The highest BCUT2D eigenvalue weighted by molar-refractivity contribution is 5.83. The van der Waals surface area contributed by atoms with Crippen LogP contribution >= 0.6 is 0 Å². The van der Waals surface area contributed by atoms with Crippen LogP contribution in [0.3, 0.4) is 0 Å². The molecule has 0 aromatic carbocycles. The van der Waals surface area contributed by atoms with Crippen molar-refractivity contribution in [3.63, 3.8) is 0 Å². The fourth-order valence-corrected chi connectivity index (χ4v) is 2.00. The summed E-state index contributed by atoms with van der Waals surface area (Å²) in [7, 11) is 0. The number of hydrogen-bond acceptors (Lipinski definition) is 2. The van der Waals surface area contributed by atoms with Crippen LogP contribution in [0.2, 0.25) is 0 Å². The zero-order chi connectivity index (χ0) is 11.4. The van der Waals surface area contributed by atoms with Gasteiger partial charge >= 0.3 is 0 Å². The van der Waals surface area contributed by atoms with Gasteiger partial charge in [-0.1, -0.05) is 13.8 Å². The largest absolute Gasteiger partial charge is 0.342 e. The second-order valence-electron chi connectivity index (χ2n) is 4.83. The highest BCUT2D eigenvalue weighted by Crippen LogP contribution is 2.24. The summed E-state index contributed by atoms with van der Waals surface area (Å²) in [5.41, 5.74) is 0. The Balaban J connectivity index is 2.33. The fraction of sp³-hybridized carbons (Fsp3) is 0.833. The third-order valence-electron chi connectivity index (χ3n) is 3.21. The number of hydrogen-bond donors (Lipinski definition) is 0. The maximum Gasteiger partial charge on any atom is 0.223 e. The number of nitrogens with zero attached hydrogens (tertiary/aromatic N) is 1. The van der Waals surface area contributed by atoms with Gasteiger partial charge in [0.25, 0.3) is 0 Å². The minimum Gasteiger partial charge on any atom is -0.342 e. The summed E-state index contributed by atoms with van der Waals surface area (Å²) in [5.74, 6) is 1.54. The highest BCUT2D eigenvalue weighted by atomic mass is 16.2. The highest BCUT2D eigenvalue weighted by Gasteiger charge is 2.27. The van der Waals surface area contributed by atoms with Gasteiger partial charge in [-0.3, -0.25) is 4.79 Å². The van der Waals surface area contributed by atoms with Gasteiger partial charge in [-0.15, -0.1) is 0 Å². The quantitative estimate of drug-likeness (QED) is 0.711. The van der Waals surface area contributed by atoms with Gasteiger partial charge in [0.2, 0.25) is 5.91 Å². The molecule has 0 aromatic rings. The van der Waals surface area contributed by atoms with E-state index in [0.29, 0.717) is 24.7 Å². The third kappa shape index (κ3) is 3.65. The van der Waals surface area contributed by atoms with Crippen molar-refractivity contribution < 1.29 is 9.59 Å². The Hall–Kier alpha value is -0.860. The SMILES string of the molecule is CC(=O)CCC(=O)N1CCC(C(C)C)C1. The Labute approximate surface area is 91.8 Å². The van der Waals surface area contributed by atoms with Gasteiger partial charge in [-0.2, -0.15) is 0 Å². The first-order valence-electron chi connectivity index (χ1n) is 5.78. The second-order valence-corrected chi connectivity index (χ2v) is 4.83. The monoisotopic (exact) mass is 211 g/mol. The maximum atomic E-state index is 11.7. The minimum atomic E-state index is 0.1000. The minimum absolute atomic E-state index is 0.1000. The lowest BCUT2D eigenvalue weighted by Gasteiger charge is -2.17. The predicted octanol–water partition coefficient (Wildman–Crippen LogP) is 1.86. The van der Waals surface area contributed by atoms with Crippen molar-refractivity contribution in [3.05, 3.63) is 0 Å². The number of Topliss-reactive ketones (excluding diaryl/α,β-unsaturated/α-hetero) is 1. The topological polar surface area (TPSA) is 37.4 Å². The molecule has 0 bridgehead atoms. The molecule has 1 unspecified atom stereocenters. The van der Waals surface area contributed by atoms with Crippen molar-refractivity contribution in [1.29, 1.82) is 0 Å². The summed E-state index contributed by atoms with van der Waals surface area (Å²) in [4.78, 5) is 24.4. The molecule has 1 aliphatic rings. The van der Waals surface area contributed by atoms with Crippen LogP contribution in [0.1, 0.15) is 40.0 Å². The van der Waals surface area contributed by atoms with E-state index in [1.54, 1.807) is 0 Å².